The van der Waals surface area contributed by atoms with Crippen LogP contribution < -0.4 is 32.2 Å². The van der Waals surface area contributed by atoms with Crippen LogP contribution in [-0.2, 0) is 4.79 Å². The number of hydrogen-bond donors (Lipinski definition) is 5. The predicted octanol–water partition coefficient (Wildman–Crippen LogP) is 3.33. The number of rotatable bonds is 8. The summed E-state index contributed by atoms with van der Waals surface area (Å²) in [5, 5.41) is 0.777. The minimum absolute atomic E-state index is 0.206. The predicted molar refractivity (Wildman–Crippen MR) is 114 cm³/mol. The molecule has 0 radical (unpaired) electrons. The molecule has 2 aromatic carbocycles. The zero-order valence-corrected chi connectivity index (χ0v) is 16.5. The lowest BCUT2D eigenvalue weighted by Gasteiger charge is -2.14. The fourth-order valence-electron chi connectivity index (χ4n) is 2.15. The number of amides is 1. The highest BCUT2D eigenvalue weighted by Crippen LogP contribution is 2.27. The molecule has 29 heavy (non-hydrogen) atoms. The molecular weight excluding hydrogens is 417 g/mol. The molecule has 0 aliphatic carbocycles. The number of nitrogen functional groups attached to an aromatic ring is 1. The number of nitrogens with one attached hydrogen (secondary N) is 4. The quantitative estimate of drug-likeness (QED) is 0.342. The van der Waals surface area contributed by atoms with E-state index in [1.165, 1.54) is 12.4 Å². The third kappa shape index (κ3) is 5.77. The number of carbonyl (C=O) groups is 1. The van der Waals surface area contributed by atoms with E-state index in [0.29, 0.717) is 21.6 Å². The van der Waals surface area contributed by atoms with E-state index in [4.69, 9.17) is 33.7 Å². The molecule has 9 nitrogen and oxygen atoms in total. The van der Waals surface area contributed by atoms with E-state index in [-0.39, 0.29) is 18.1 Å². The number of benzene rings is 2. The zero-order chi connectivity index (χ0) is 20.6. The van der Waals surface area contributed by atoms with Gasteiger partial charge in [-0.2, -0.15) is 0 Å². The number of halogens is 2. The van der Waals surface area contributed by atoms with Crippen molar-refractivity contribution in [1.29, 1.82) is 0 Å². The lowest BCUT2D eigenvalue weighted by molar-refractivity contribution is -0.122. The molecule has 0 saturated carbocycles. The Hall–Kier alpha value is -3.43. The van der Waals surface area contributed by atoms with Crippen molar-refractivity contribution >= 4 is 52.1 Å². The standard InChI is InChI=1S/C18H17Cl2N7O2/c19-11-6-7-14(13(20)8-11)29-9-15(28)25-27-18-16(21)17(22-10-23-18)26-24-12-4-2-1-3-5-12/h1-8,10,24H,9,21H2,(H,25,28)(H2,22,23,26,27). The summed E-state index contributed by atoms with van der Waals surface area (Å²) >= 11 is 11.8. The van der Waals surface area contributed by atoms with Crippen LogP contribution >= 0.6 is 23.2 Å². The molecule has 1 amide bonds. The van der Waals surface area contributed by atoms with Crippen LogP contribution in [0.25, 0.3) is 0 Å². The minimum atomic E-state index is -0.467. The van der Waals surface area contributed by atoms with Crippen LogP contribution in [0.3, 0.4) is 0 Å². The highest BCUT2D eigenvalue weighted by molar-refractivity contribution is 6.35. The maximum absolute atomic E-state index is 12.0. The SMILES string of the molecule is Nc1c(NNC(=O)COc2ccc(Cl)cc2Cl)ncnc1NNc1ccccc1. The first-order valence-electron chi connectivity index (χ1n) is 8.33. The van der Waals surface area contributed by atoms with Crippen LogP contribution in [0.1, 0.15) is 0 Å². The van der Waals surface area contributed by atoms with Crippen LogP contribution in [0.5, 0.6) is 5.75 Å². The largest absolute Gasteiger partial charge is 0.482 e. The summed E-state index contributed by atoms with van der Waals surface area (Å²) in [6.45, 7) is -0.278. The van der Waals surface area contributed by atoms with Gasteiger partial charge >= 0.3 is 0 Å². The van der Waals surface area contributed by atoms with Gasteiger partial charge in [-0.15, -0.1) is 0 Å². The second-order valence-corrected chi connectivity index (χ2v) is 6.48. The van der Waals surface area contributed by atoms with E-state index in [9.17, 15) is 4.79 Å². The summed E-state index contributed by atoms with van der Waals surface area (Å²) in [4.78, 5) is 20.1. The first-order valence-corrected chi connectivity index (χ1v) is 9.09. The average Bonchev–Trinajstić information content (AvgIpc) is 2.72. The summed E-state index contributed by atoms with van der Waals surface area (Å²) < 4.78 is 5.35. The Morgan fingerprint density at radius 2 is 1.72 bits per heavy atom. The molecular formula is C18H17Cl2N7O2. The van der Waals surface area contributed by atoms with Crippen molar-refractivity contribution in [2.75, 3.05) is 28.6 Å². The number of carbonyl (C=O) groups excluding carboxylic acids is 1. The summed E-state index contributed by atoms with van der Waals surface area (Å²) in [6.07, 6.45) is 1.30. The molecule has 0 aliphatic rings. The summed E-state index contributed by atoms with van der Waals surface area (Å²) in [6, 6.07) is 14.1. The minimum Gasteiger partial charge on any atom is -0.482 e. The number of anilines is 4. The maximum atomic E-state index is 12.0. The molecule has 0 atom stereocenters. The molecule has 0 saturated heterocycles. The second-order valence-electron chi connectivity index (χ2n) is 5.64. The average molecular weight is 434 g/mol. The fraction of sp³-hybridized carbons (Fsp3) is 0.0556. The number of aromatic nitrogens is 2. The van der Waals surface area contributed by atoms with Crippen LogP contribution in [-0.4, -0.2) is 22.5 Å². The number of ether oxygens (including phenoxy) is 1. The lowest BCUT2D eigenvalue weighted by atomic mass is 10.3. The van der Waals surface area contributed by atoms with Crippen LogP contribution in [0, 0.1) is 0 Å². The van der Waals surface area contributed by atoms with Gasteiger partial charge in [-0.1, -0.05) is 41.4 Å². The molecule has 3 rings (SSSR count). The van der Waals surface area contributed by atoms with Crippen molar-refractivity contribution in [2.24, 2.45) is 0 Å². The molecule has 0 aliphatic heterocycles. The van der Waals surface area contributed by atoms with E-state index in [1.54, 1.807) is 12.1 Å². The van der Waals surface area contributed by atoms with E-state index in [2.05, 4.69) is 31.7 Å². The molecule has 0 bridgehead atoms. The molecule has 0 fully saturated rings. The van der Waals surface area contributed by atoms with Crippen molar-refractivity contribution in [3.05, 3.63) is 64.9 Å². The van der Waals surface area contributed by atoms with Gasteiger partial charge < -0.3 is 10.5 Å². The van der Waals surface area contributed by atoms with Crippen molar-refractivity contribution in [3.8, 4) is 5.75 Å². The van der Waals surface area contributed by atoms with Gasteiger partial charge in [-0.25, -0.2) is 9.97 Å². The monoisotopic (exact) mass is 433 g/mol. The number of para-hydroxylation sites is 1. The third-order valence-corrected chi connectivity index (χ3v) is 4.09. The molecule has 150 valence electrons. The Kier molecular flexibility index (Phi) is 6.77. The zero-order valence-electron chi connectivity index (χ0n) is 14.9. The molecule has 1 aromatic heterocycles. The Morgan fingerprint density at radius 1 is 1.00 bits per heavy atom. The Bertz CT molecular complexity index is 989. The number of nitrogens with zero attached hydrogens (tertiary/aromatic N) is 2. The van der Waals surface area contributed by atoms with E-state index in [1.807, 2.05) is 30.3 Å². The molecule has 6 N–H and O–H groups in total. The Balaban J connectivity index is 1.52. The number of hydrogen-bond acceptors (Lipinski definition) is 8. The van der Waals surface area contributed by atoms with Crippen LogP contribution in [0.4, 0.5) is 23.0 Å². The normalized spacial score (nSPS) is 10.1. The van der Waals surface area contributed by atoms with Gasteiger partial charge in [0.05, 0.1) is 10.7 Å². The van der Waals surface area contributed by atoms with E-state index < -0.39 is 5.91 Å². The van der Waals surface area contributed by atoms with Crippen LogP contribution in [0.15, 0.2) is 54.9 Å². The third-order valence-electron chi connectivity index (χ3n) is 3.56. The van der Waals surface area contributed by atoms with E-state index in [0.717, 1.165) is 5.69 Å². The van der Waals surface area contributed by atoms with Gasteiger partial charge in [-0.3, -0.25) is 26.5 Å². The maximum Gasteiger partial charge on any atom is 0.276 e. The molecule has 3 aromatic rings. The highest BCUT2D eigenvalue weighted by Gasteiger charge is 2.10. The van der Waals surface area contributed by atoms with Crippen molar-refractivity contribution in [2.45, 2.75) is 0 Å². The van der Waals surface area contributed by atoms with Gasteiger partial charge in [-0.05, 0) is 30.3 Å². The van der Waals surface area contributed by atoms with Gasteiger partial charge in [0.1, 0.15) is 17.8 Å². The van der Waals surface area contributed by atoms with Crippen molar-refractivity contribution in [3.63, 3.8) is 0 Å². The van der Waals surface area contributed by atoms with Crippen LogP contribution in [0.2, 0.25) is 10.0 Å². The molecule has 1 heterocycles. The van der Waals surface area contributed by atoms with E-state index >= 15 is 0 Å². The Morgan fingerprint density at radius 3 is 2.45 bits per heavy atom. The topological polar surface area (TPSA) is 126 Å². The summed E-state index contributed by atoms with van der Waals surface area (Å²) in [7, 11) is 0. The van der Waals surface area contributed by atoms with Gasteiger partial charge in [0.25, 0.3) is 5.91 Å². The lowest BCUT2D eigenvalue weighted by Crippen LogP contribution is -2.34. The first-order chi connectivity index (χ1) is 14.0. The molecule has 0 unspecified atom stereocenters. The number of nitrogens with two attached hydrogens (primary N) is 1. The summed E-state index contributed by atoms with van der Waals surface area (Å²) in [5.41, 5.74) is 18.0. The fourth-order valence-corrected chi connectivity index (χ4v) is 2.61. The van der Waals surface area contributed by atoms with Crippen molar-refractivity contribution in [1.82, 2.24) is 15.4 Å². The van der Waals surface area contributed by atoms with Crippen molar-refractivity contribution < 1.29 is 9.53 Å². The molecule has 11 heteroatoms. The molecule has 0 spiro atoms. The second kappa shape index (κ2) is 9.67. The first kappa shape index (κ1) is 20.3. The van der Waals surface area contributed by atoms with Gasteiger partial charge in [0, 0.05) is 5.02 Å². The highest BCUT2D eigenvalue weighted by atomic mass is 35.5. The summed E-state index contributed by atoms with van der Waals surface area (Å²) in [5.74, 6) is 0.428. The van der Waals surface area contributed by atoms with Gasteiger partial charge in [0.15, 0.2) is 18.2 Å². The Labute approximate surface area is 176 Å². The number of hydrazine groups is 2. The van der Waals surface area contributed by atoms with Gasteiger partial charge in [0.2, 0.25) is 0 Å². The smallest absolute Gasteiger partial charge is 0.276 e.